The van der Waals surface area contributed by atoms with E-state index in [0.29, 0.717) is 5.95 Å². The first kappa shape index (κ1) is 18.7. The molecule has 0 spiro atoms. The lowest BCUT2D eigenvalue weighted by Gasteiger charge is -2.28. The first-order valence-corrected chi connectivity index (χ1v) is 10.4. The highest BCUT2D eigenvalue weighted by Gasteiger charge is 2.20. The van der Waals surface area contributed by atoms with Gasteiger partial charge in [0.15, 0.2) is 0 Å². The van der Waals surface area contributed by atoms with Gasteiger partial charge in [-0.15, -0.1) is 0 Å². The third-order valence-corrected chi connectivity index (χ3v) is 5.53. The average molecular weight is 397 g/mol. The van der Waals surface area contributed by atoms with Crippen LogP contribution in [-0.2, 0) is 6.42 Å². The second-order valence-corrected chi connectivity index (χ2v) is 7.58. The van der Waals surface area contributed by atoms with Crippen molar-refractivity contribution in [2.45, 2.75) is 25.4 Å². The molecule has 0 atom stereocenters. The van der Waals surface area contributed by atoms with Crippen LogP contribution < -0.4 is 15.0 Å². The lowest BCUT2D eigenvalue weighted by atomic mass is 10.1. The third kappa shape index (κ3) is 4.99. The molecular weight excluding hydrogens is 372 g/mol. The predicted octanol–water partition coefficient (Wildman–Crippen LogP) is 3.95. The predicted molar refractivity (Wildman–Crippen MR) is 113 cm³/mol. The lowest BCUT2D eigenvalue weighted by Crippen LogP contribution is -2.35. The van der Waals surface area contributed by atoms with Crippen LogP contribution in [0.15, 0.2) is 54.6 Å². The van der Waals surface area contributed by atoms with Crippen LogP contribution in [0.4, 0.5) is 11.1 Å². The topological polar surface area (TPSA) is 70.5 Å². The first-order chi connectivity index (χ1) is 13.8. The smallest absolute Gasteiger partial charge is 0.236 e. The summed E-state index contributed by atoms with van der Waals surface area (Å²) in [4.78, 5) is 6.77. The van der Waals surface area contributed by atoms with Gasteiger partial charge in [-0.2, -0.15) is 9.36 Å². The number of hydrogen-bond acceptors (Lipinski definition) is 7. The minimum Gasteiger partial charge on any atom is -0.457 e. The molecule has 146 valence electrons. The normalized spacial score (nSPS) is 14.8. The summed E-state index contributed by atoms with van der Waals surface area (Å²) < 4.78 is 10.2. The van der Waals surface area contributed by atoms with Gasteiger partial charge in [0.25, 0.3) is 0 Å². The van der Waals surface area contributed by atoms with Crippen molar-refractivity contribution in [2.75, 3.05) is 29.9 Å². The maximum absolute atomic E-state index is 9.61. The van der Waals surface area contributed by atoms with Gasteiger partial charge >= 0.3 is 0 Å². The number of hydrogen-bond donors (Lipinski definition) is 2. The van der Waals surface area contributed by atoms with Crippen LogP contribution in [0.5, 0.6) is 11.5 Å². The van der Waals surface area contributed by atoms with E-state index >= 15 is 0 Å². The Morgan fingerprint density at radius 2 is 1.75 bits per heavy atom. The van der Waals surface area contributed by atoms with E-state index in [1.807, 2.05) is 42.5 Å². The van der Waals surface area contributed by atoms with Gasteiger partial charge in [0.05, 0.1) is 6.10 Å². The Kier molecular flexibility index (Phi) is 6.04. The minimum atomic E-state index is -0.175. The SMILES string of the molecule is OC1CCN(c2nc(NCCc3ccc(Oc4ccccc4)cc3)ns2)CC1. The molecule has 2 aromatic carbocycles. The number of ether oxygens (including phenoxy) is 1. The molecule has 1 aromatic heterocycles. The third-order valence-electron chi connectivity index (χ3n) is 4.75. The van der Waals surface area contributed by atoms with Crippen LogP contribution in [0.2, 0.25) is 0 Å². The van der Waals surface area contributed by atoms with Gasteiger partial charge in [-0.05, 0) is 49.1 Å². The number of piperidine rings is 1. The molecule has 1 aliphatic rings. The van der Waals surface area contributed by atoms with E-state index in [0.717, 1.165) is 55.5 Å². The fourth-order valence-corrected chi connectivity index (χ4v) is 3.84. The van der Waals surface area contributed by atoms with Gasteiger partial charge in [0.1, 0.15) is 11.5 Å². The van der Waals surface area contributed by atoms with Crippen molar-refractivity contribution < 1.29 is 9.84 Å². The number of aromatic nitrogens is 2. The summed E-state index contributed by atoms with van der Waals surface area (Å²) in [5.74, 6) is 2.35. The number of nitrogens with one attached hydrogen (secondary N) is 1. The van der Waals surface area contributed by atoms with Gasteiger partial charge in [-0.25, -0.2) is 0 Å². The Labute approximate surface area is 169 Å². The number of anilines is 2. The van der Waals surface area contributed by atoms with Crippen LogP contribution in [0.3, 0.4) is 0 Å². The molecule has 7 heteroatoms. The van der Waals surface area contributed by atoms with Crippen molar-refractivity contribution in [3.05, 3.63) is 60.2 Å². The van der Waals surface area contributed by atoms with E-state index in [1.54, 1.807) is 0 Å². The number of aliphatic hydroxyl groups excluding tert-OH is 1. The number of rotatable bonds is 7. The summed E-state index contributed by atoms with van der Waals surface area (Å²) >= 11 is 1.41. The molecule has 1 fully saturated rings. The fourth-order valence-electron chi connectivity index (χ4n) is 3.14. The number of nitrogens with zero attached hydrogens (tertiary/aromatic N) is 3. The van der Waals surface area contributed by atoms with Gasteiger partial charge in [-0.3, -0.25) is 0 Å². The molecule has 1 aliphatic heterocycles. The minimum absolute atomic E-state index is 0.175. The summed E-state index contributed by atoms with van der Waals surface area (Å²) in [5.41, 5.74) is 1.23. The number of benzene rings is 2. The van der Waals surface area contributed by atoms with E-state index in [9.17, 15) is 5.11 Å². The largest absolute Gasteiger partial charge is 0.457 e. The van der Waals surface area contributed by atoms with Crippen LogP contribution >= 0.6 is 11.5 Å². The quantitative estimate of drug-likeness (QED) is 0.630. The summed E-state index contributed by atoms with van der Waals surface area (Å²) in [6, 6.07) is 17.9. The molecule has 6 nitrogen and oxygen atoms in total. The van der Waals surface area contributed by atoms with Crippen molar-refractivity contribution in [1.29, 1.82) is 0 Å². The zero-order valence-corrected chi connectivity index (χ0v) is 16.4. The maximum atomic E-state index is 9.61. The number of para-hydroxylation sites is 1. The Balaban J connectivity index is 1.24. The van der Waals surface area contributed by atoms with Crippen molar-refractivity contribution in [3.63, 3.8) is 0 Å². The van der Waals surface area contributed by atoms with Gasteiger partial charge in [0, 0.05) is 31.2 Å². The fraction of sp³-hybridized carbons (Fsp3) is 0.333. The summed E-state index contributed by atoms with van der Waals surface area (Å²) in [6.07, 6.45) is 2.31. The molecule has 0 unspecified atom stereocenters. The molecule has 2 N–H and O–H groups in total. The van der Waals surface area contributed by atoms with Crippen LogP contribution in [-0.4, -0.2) is 40.2 Å². The Hall–Kier alpha value is -2.64. The molecule has 0 amide bonds. The van der Waals surface area contributed by atoms with Crippen molar-refractivity contribution in [2.24, 2.45) is 0 Å². The standard InChI is InChI=1S/C21H24N4O2S/c26-17-11-14-25(15-12-17)21-23-20(24-28-21)22-13-10-16-6-8-19(9-7-16)27-18-4-2-1-3-5-18/h1-9,17,26H,10-15H2,(H,22,24). The second-order valence-electron chi connectivity index (χ2n) is 6.85. The zero-order valence-electron chi connectivity index (χ0n) is 15.6. The monoisotopic (exact) mass is 396 g/mol. The first-order valence-electron chi connectivity index (χ1n) is 9.59. The van der Waals surface area contributed by atoms with E-state index < -0.39 is 0 Å². The molecule has 2 heterocycles. The summed E-state index contributed by atoms with van der Waals surface area (Å²) in [7, 11) is 0. The molecular formula is C21H24N4O2S. The summed E-state index contributed by atoms with van der Waals surface area (Å²) in [5, 5.41) is 13.8. The molecule has 3 aromatic rings. The van der Waals surface area contributed by atoms with Crippen molar-refractivity contribution in [3.8, 4) is 11.5 Å². The van der Waals surface area contributed by atoms with E-state index in [-0.39, 0.29) is 6.10 Å². The highest BCUT2D eigenvalue weighted by Crippen LogP contribution is 2.24. The zero-order chi connectivity index (χ0) is 19.2. The molecule has 0 bridgehead atoms. The Morgan fingerprint density at radius 1 is 1.04 bits per heavy atom. The van der Waals surface area contributed by atoms with Gasteiger partial charge in [-0.1, -0.05) is 30.3 Å². The van der Waals surface area contributed by atoms with Crippen LogP contribution in [0.1, 0.15) is 18.4 Å². The van der Waals surface area contributed by atoms with Gasteiger partial charge < -0.3 is 20.1 Å². The van der Waals surface area contributed by atoms with E-state index in [2.05, 4.69) is 31.7 Å². The van der Waals surface area contributed by atoms with Gasteiger partial charge in [0.2, 0.25) is 11.1 Å². The molecule has 0 saturated carbocycles. The van der Waals surface area contributed by atoms with Crippen LogP contribution in [0, 0.1) is 0 Å². The molecule has 0 radical (unpaired) electrons. The number of aliphatic hydroxyl groups is 1. The second kappa shape index (κ2) is 9.03. The van der Waals surface area contributed by atoms with Crippen molar-refractivity contribution >= 4 is 22.6 Å². The molecule has 0 aliphatic carbocycles. The lowest BCUT2D eigenvalue weighted by molar-refractivity contribution is 0.145. The van der Waals surface area contributed by atoms with Crippen molar-refractivity contribution in [1.82, 2.24) is 9.36 Å². The summed E-state index contributed by atoms with van der Waals surface area (Å²) in [6.45, 7) is 2.45. The highest BCUT2D eigenvalue weighted by atomic mass is 32.1. The molecule has 4 rings (SSSR count). The Morgan fingerprint density at radius 3 is 2.50 bits per heavy atom. The van der Waals surface area contributed by atoms with Crippen LogP contribution in [0.25, 0.3) is 0 Å². The average Bonchev–Trinajstić information content (AvgIpc) is 3.20. The molecule has 28 heavy (non-hydrogen) atoms. The Bertz CT molecular complexity index is 862. The van der Waals surface area contributed by atoms with E-state index in [4.69, 9.17) is 4.74 Å². The molecule has 1 saturated heterocycles. The highest BCUT2D eigenvalue weighted by molar-refractivity contribution is 7.09. The van der Waals surface area contributed by atoms with E-state index in [1.165, 1.54) is 17.1 Å². The maximum Gasteiger partial charge on any atom is 0.236 e.